The van der Waals surface area contributed by atoms with Gasteiger partial charge in [0.25, 0.3) is 0 Å². The number of carbonyl (C=O) groups is 2. The van der Waals surface area contributed by atoms with Crippen LogP contribution in [-0.2, 0) is 14.1 Å². The van der Waals surface area contributed by atoms with Crippen LogP contribution in [0.5, 0.6) is 0 Å². The number of aromatic carboxylic acids is 2. The average molecular weight is 527 g/mol. The van der Waals surface area contributed by atoms with Crippen LogP contribution in [0.1, 0.15) is 117 Å². The van der Waals surface area contributed by atoms with Crippen molar-refractivity contribution in [2.45, 2.75) is 118 Å². The molecule has 3 aliphatic carbocycles. The Bertz CT molecular complexity index is 942. The number of carboxylic acids is 2. The van der Waals surface area contributed by atoms with Gasteiger partial charge in [-0.2, -0.15) is 0 Å². The van der Waals surface area contributed by atoms with Crippen LogP contribution in [0.4, 0.5) is 0 Å². The fourth-order valence-corrected chi connectivity index (χ4v) is 17.1. The fourth-order valence-electron chi connectivity index (χ4n) is 7.09. The third-order valence-electron chi connectivity index (χ3n) is 8.67. The first-order chi connectivity index (χ1) is 16.7. The van der Waals surface area contributed by atoms with Crippen molar-refractivity contribution in [2.24, 2.45) is 0 Å². The third-order valence-corrected chi connectivity index (χ3v) is 17.1. The second-order valence-corrected chi connectivity index (χ2v) is 17.0. The standard InChI is InChI=1S/C26H39O7PS/c27-25(28)19-16-20(26(29)30)18-24(17-19)35(31,32)33-34(21-10-4-1-5-11-21,22-12-6-2-7-13-22)23-14-8-3-9-15-23/h16-18,21-23,34H,1-15H2,(H,27,28)(H,29,30). The van der Waals surface area contributed by atoms with Crippen LogP contribution in [0.3, 0.4) is 0 Å². The summed E-state index contributed by atoms with van der Waals surface area (Å²) in [6, 6.07) is 3.12. The minimum absolute atomic E-state index is 0.277. The quantitative estimate of drug-likeness (QED) is 0.374. The monoisotopic (exact) mass is 526 g/mol. The molecule has 0 aliphatic heterocycles. The van der Waals surface area contributed by atoms with E-state index in [0.29, 0.717) is 0 Å². The van der Waals surface area contributed by atoms with Crippen molar-refractivity contribution >= 4 is 29.5 Å². The van der Waals surface area contributed by atoms with Gasteiger partial charge in [0, 0.05) is 0 Å². The van der Waals surface area contributed by atoms with Crippen molar-refractivity contribution < 1.29 is 32.2 Å². The molecule has 196 valence electrons. The summed E-state index contributed by atoms with van der Waals surface area (Å²) in [7, 11) is -7.23. The van der Waals surface area contributed by atoms with Crippen LogP contribution in [0.2, 0.25) is 0 Å². The Morgan fingerprint density at radius 1 is 0.657 bits per heavy atom. The van der Waals surface area contributed by atoms with Crippen molar-refractivity contribution in [3.63, 3.8) is 0 Å². The Hall–Kier alpha value is -1.50. The average Bonchev–Trinajstić information content (AvgIpc) is 2.88. The number of carboxylic acid groups (broad SMARTS) is 2. The summed E-state index contributed by atoms with van der Waals surface area (Å²) in [5, 5.41) is 19.0. The van der Waals surface area contributed by atoms with Gasteiger partial charge in [-0.05, 0) is 0 Å². The number of benzene rings is 1. The molecule has 9 heteroatoms. The van der Waals surface area contributed by atoms with E-state index >= 15 is 0 Å². The summed E-state index contributed by atoms with van der Waals surface area (Å²) in [6.07, 6.45) is 16.1. The van der Waals surface area contributed by atoms with Crippen molar-refractivity contribution in [1.29, 1.82) is 0 Å². The molecular weight excluding hydrogens is 487 g/mol. The molecule has 0 radical (unpaired) electrons. The minimum atomic E-state index is -4.34. The summed E-state index contributed by atoms with van der Waals surface area (Å²) in [5.41, 5.74) is 0.121. The third kappa shape index (κ3) is 5.75. The second kappa shape index (κ2) is 11.3. The molecule has 4 rings (SSSR count). The Kier molecular flexibility index (Phi) is 8.55. The van der Waals surface area contributed by atoms with Gasteiger partial charge in [-0.25, -0.2) is 0 Å². The number of rotatable bonds is 8. The molecule has 0 aromatic heterocycles. The van der Waals surface area contributed by atoms with Crippen molar-refractivity contribution in [2.75, 3.05) is 0 Å². The SMILES string of the molecule is O=C(O)c1cc(C(=O)O)cc(S(=O)(=O)O[PH](C2CCCCC2)(C2CCCCC2)C2CCCCC2)c1. The predicted octanol–water partition coefficient (Wildman–Crippen LogP) is 6.45. The molecule has 0 unspecified atom stereocenters. The molecule has 0 atom stereocenters. The molecule has 35 heavy (non-hydrogen) atoms. The maximum atomic E-state index is 14.0. The van der Waals surface area contributed by atoms with Gasteiger partial charge in [0.15, 0.2) is 0 Å². The molecule has 1 aromatic carbocycles. The Morgan fingerprint density at radius 3 is 1.31 bits per heavy atom. The molecule has 0 amide bonds. The van der Waals surface area contributed by atoms with Gasteiger partial charge in [-0.3, -0.25) is 0 Å². The Balaban J connectivity index is 1.82. The molecule has 0 saturated heterocycles. The van der Waals surface area contributed by atoms with Crippen molar-refractivity contribution in [3.05, 3.63) is 29.3 Å². The van der Waals surface area contributed by atoms with E-state index in [9.17, 15) is 28.2 Å². The molecule has 0 spiro atoms. The molecule has 1 aromatic rings. The van der Waals surface area contributed by atoms with Crippen LogP contribution < -0.4 is 0 Å². The van der Waals surface area contributed by atoms with E-state index in [1.165, 1.54) is 19.3 Å². The number of hydrogen-bond donors (Lipinski definition) is 2. The molecule has 3 saturated carbocycles. The van der Waals surface area contributed by atoms with Gasteiger partial charge in [-0.1, -0.05) is 0 Å². The van der Waals surface area contributed by atoms with E-state index in [0.717, 1.165) is 95.2 Å². The summed E-state index contributed by atoms with van der Waals surface area (Å²) < 4.78 is 34.5. The van der Waals surface area contributed by atoms with E-state index in [1.54, 1.807) is 0 Å². The van der Waals surface area contributed by atoms with Gasteiger partial charge < -0.3 is 0 Å². The van der Waals surface area contributed by atoms with Gasteiger partial charge in [0.05, 0.1) is 0 Å². The van der Waals surface area contributed by atoms with Crippen LogP contribution in [0.15, 0.2) is 23.1 Å². The first kappa shape index (κ1) is 26.6. The van der Waals surface area contributed by atoms with Crippen LogP contribution >= 0.6 is 7.49 Å². The summed E-state index contributed by atoms with van der Waals surface area (Å²) in [5.74, 6) is -2.72. The van der Waals surface area contributed by atoms with Crippen LogP contribution in [-0.4, -0.2) is 47.5 Å². The van der Waals surface area contributed by atoms with Crippen LogP contribution in [0, 0.1) is 0 Å². The van der Waals surface area contributed by atoms with Gasteiger partial charge in [0.1, 0.15) is 0 Å². The van der Waals surface area contributed by atoms with Crippen molar-refractivity contribution in [3.8, 4) is 0 Å². The topological polar surface area (TPSA) is 118 Å². The van der Waals surface area contributed by atoms with E-state index in [1.807, 2.05) is 0 Å². The van der Waals surface area contributed by atoms with Crippen molar-refractivity contribution in [1.82, 2.24) is 0 Å². The molecule has 3 aliphatic rings. The zero-order valence-corrected chi connectivity index (χ0v) is 22.2. The normalized spacial score (nSPS) is 22.1. The Labute approximate surface area is 209 Å². The molecule has 7 nitrogen and oxygen atoms in total. The first-order valence-corrected chi connectivity index (χ1v) is 16.9. The van der Waals surface area contributed by atoms with Gasteiger partial charge in [-0.15, -0.1) is 0 Å². The molecule has 3 fully saturated rings. The molecular formula is C26H39O7PS. The molecule has 2 N–H and O–H groups in total. The molecule has 0 heterocycles. The zero-order valence-electron chi connectivity index (χ0n) is 20.4. The van der Waals surface area contributed by atoms with E-state index in [4.69, 9.17) is 3.97 Å². The van der Waals surface area contributed by atoms with E-state index in [2.05, 4.69) is 0 Å². The van der Waals surface area contributed by atoms with Gasteiger partial charge >= 0.3 is 209 Å². The zero-order chi connectivity index (χ0) is 25.1. The van der Waals surface area contributed by atoms with E-state index < -0.39 is 29.5 Å². The predicted molar refractivity (Wildman–Crippen MR) is 138 cm³/mol. The van der Waals surface area contributed by atoms with E-state index in [-0.39, 0.29) is 33.0 Å². The summed E-state index contributed by atoms with van der Waals surface area (Å²) in [4.78, 5) is 23.0. The van der Waals surface area contributed by atoms with Crippen LogP contribution in [0.25, 0.3) is 0 Å². The summed E-state index contributed by atoms with van der Waals surface area (Å²) >= 11 is 0. The maximum absolute atomic E-state index is 14.0. The number of hydrogen-bond acceptors (Lipinski definition) is 5. The Morgan fingerprint density at radius 2 is 1.00 bits per heavy atom. The van der Waals surface area contributed by atoms with Gasteiger partial charge in [0.2, 0.25) is 0 Å². The summed E-state index contributed by atoms with van der Waals surface area (Å²) in [6.45, 7) is 0. The fraction of sp³-hybridized carbons (Fsp3) is 0.692. The second-order valence-electron chi connectivity index (χ2n) is 10.8. The first-order valence-electron chi connectivity index (χ1n) is 13.3. The molecule has 0 bridgehead atoms.